The maximum atomic E-state index is 6.10. The minimum atomic E-state index is 0.561. The number of nitrogens with one attached hydrogen (secondary N) is 1. The van der Waals surface area contributed by atoms with E-state index in [1.165, 1.54) is 11.3 Å². The van der Waals surface area contributed by atoms with Gasteiger partial charge in [0.2, 0.25) is 0 Å². The number of rotatable bonds is 3. The molecular formula is C10H7Cl2IN2S. The molecule has 0 amide bonds. The maximum absolute atomic E-state index is 6.10. The molecule has 1 aromatic carbocycles. The highest BCUT2D eigenvalue weighted by molar-refractivity contribution is 14.1. The number of anilines is 1. The lowest BCUT2D eigenvalue weighted by Crippen LogP contribution is -1.98. The van der Waals surface area contributed by atoms with Gasteiger partial charge in [-0.2, -0.15) is 0 Å². The standard InChI is InChI=1S/C10H7Cl2IN2S/c11-8-3-6(13)1-2-9(8)14-4-7-5-15-10(12)16-7/h1-3,5,14H,4H2. The summed E-state index contributed by atoms with van der Waals surface area (Å²) < 4.78 is 1.68. The fraction of sp³-hybridized carbons (Fsp3) is 0.100. The molecule has 1 aromatic heterocycles. The Morgan fingerprint density at radius 1 is 1.38 bits per heavy atom. The molecule has 0 aliphatic heterocycles. The molecular weight excluding hydrogens is 378 g/mol. The Morgan fingerprint density at radius 2 is 2.19 bits per heavy atom. The summed E-state index contributed by atoms with van der Waals surface area (Å²) in [6.45, 7) is 0.685. The summed E-state index contributed by atoms with van der Waals surface area (Å²) in [5.41, 5.74) is 0.923. The number of benzene rings is 1. The third-order valence-corrected chi connectivity index (χ3v) is 4.01. The molecule has 0 bridgehead atoms. The molecule has 0 atom stereocenters. The molecule has 2 aromatic rings. The Balaban J connectivity index is 2.04. The van der Waals surface area contributed by atoms with E-state index in [9.17, 15) is 0 Å². The van der Waals surface area contributed by atoms with Gasteiger partial charge >= 0.3 is 0 Å². The van der Waals surface area contributed by atoms with Crippen molar-refractivity contribution in [2.45, 2.75) is 6.54 Å². The van der Waals surface area contributed by atoms with Crippen LogP contribution in [0, 0.1) is 3.57 Å². The third-order valence-electron chi connectivity index (χ3n) is 1.91. The first kappa shape index (κ1) is 12.4. The normalized spacial score (nSPS) is 10.4. The van der Waals surface area contributed by atoms with Crippen molar-refractivity contribution in [1.82, 2.24) is 4.98 Å². The zero-order valence-electron chi connectivity index (χ0n) is 8.01. The molecule has 0 saturated heterocycles. The zero-order valence-corrected chi connectivity index (χ0v) is 12.5. The van der Waals surface area contributed by atoms with Crippen molar-refractivity contribution in [2.24, 2.45) is 0 Å². The van der Waals surface area contributed by atoms with Crippen LogP contribution in [-0.4, -0.2) is 4.98 Å². The monoisotopic (exact) mass is 384 g/mol. The van der Waals surface area contributed by atoms with Gasteiger partial charge in [-0.15, -0.1) is 11.3 Å². The quantitative estimate of drug-likeness (QED) is 0.778. The second kappa shape index (κ2) is 5.53. The average Bonchev–Trinajstić information content (AvgIpc) is 2.63. The van der Waals surface area contributed by atoms with Gasteiger partial charge in [-0.3, -0.25) is 0 Å². The van der Waals surface area contributed by atoms with Gasteiger partial charge in [0.25, 0.3) is 0 Å². The first-order valence-electron chi connectivity index (χ1n) is 4.44. The third kappa shape index (κ3) is 3.23. The molecule has 1 N–H and O–H groups in total. The SMILES string of the molecule is Clc1ncc(CNc2ccc(I)cc2Cl)s1. The van der Waals surface area contributed by atoms with Crippen LogP contribution in [0.3, 0.4) is 0 Å². The lowest BCUT2D eigenvalue weighted by atomic mass is 10.3. The Bertz CT molecular complexity index is 501. The van der Waals surface area contributed by atoms with E-state index >= 15 is 0 Å². The molecule has 16 heavy (non-hydrogen) atoms. The van der Waals surface area contributed by atoms with Crippen molar-refractivity contribution in [3.8, 4) is 0 Å². The van der Waals surface area contributed by atoms with E-state index in [2.05, 4.69) is 32.9 Å². The van der Waals surface area contributed by atoms with Crippen LogP contribution in [0.4, 0.5) is 5.69 Å². The largest absolute Gasteiger partial charge is 0.379 e. The predicted octanol–water partition coefficient (Wildman–Crippen LogP) is 4.67. The topological polar surface area (TPSA) is 24.9 Å². The van der Waals surface area contributed by atoms with Gasteiger partial charge in [0.1, 0.15) is 0 Å². The summed E-state index contributed by atoms with van der Waals surface area (Å²) in [4.78, 5) is 5.06. The van der Waals surface area contributed by atoms with Crippen LogP contribution in [0.2, 0.25) is 9.49 Å². The Kier molecular flexibility index (Phi) is 4.29. The highest BCUT2D eigenvalue weighted by Gasteiger charge is 2.02. The molecule has 1 heterocycles. The van der Waals surface area contributed by atoms with Gasteiger partial charge in [0.15, 0.2) is 4.47 Å². The molecule has 2 rings (SSSR count). The second-order valence-electron chi connectivity index (χ2n) is 3.06. The molecule has 0 aliphatic carbocycles. The van der Waals surface area contributed by atoms with Crippen molar-refractivity contribution in [3.63, 3.8) is 0 Å². The zero-order chi connectivity index (χ0) is 11.5. The molecule has 0 spiro atoms. The van der Waals surface area contributed by atoms with Crippen molar-refractivity contribution in [3.05, 3.63) is 42.3 Å². The Morgan fingerprint density at radius 3 is 2.81 bits per heavy atom. The highest BCUT2D eigenvalue weighted by Crippen LogP contribution is 2.25. The summed E-state index contributed by atoms with van der Waals surface area (Å²) in [6.07, 6.45) is 1.76. The molecule has 0 aliphatic rings. The van der Waals surface area contributed by atoms with E-state index in [1.807, 2.05) is 18.2 Å². The lowest BCUT2D eigenvalue weighted by Gasteiger charge is -2.06. The van der Waals surface area contributed by atoms with E-state index in [-0.39, 0.29) is 0 Å². The van der Waals surface area contributed by atoms with Crippen LogP contribution < -0.4 is 5.32 Å². The smallest absolute Gasteiger partial charge is 0.183 e. The number of nitrogens with zero attached hydrogens (tertiary/aromatic N) is 1. The van der Waals surface area contributed by atoms with Gasteiger partial charge in [-0.05, 0) is 40.8 Å². The number of thiazole rings is 1. The number of aromatic nitrogens is 1. The van der Waals surface area contributed by atoms with Crippen LogP contribution in [0.25, 0.3) is 0 Å². The van der Waals surface area contributed by atoms with E-state index < -0.39 is 0 Å². The first-order chi connectivity index (χ1) is 7.65. The van der Waals surface area contributed by atoms with E-state index in [0.29, 0.717) is 11.0 Å². The Labute approximate surface area is 121 Å². The van der Waals surface area contributed by atoms with Gasteiger partial charge < -0.3 is 5.32 Å². The second-order valence-corrected chi connectivity index (χ2v) is 6.41. The van der Waals surface area contributed by atoms with Crippen molar-refractivity contribution < 1.29 is 0 Å². The van der Waals surface area contributed by atoms with E-state index in [4.69, 9.17) is 23.2 Å². The molecule has 0 saturated carbocycles. The van der Waals surface area contributed by atoms with Crippen LogP contribution >= 0.6 is 57.1 Å². The van der Waals surface area contributed by atoms with Crippen molar-refractivity contribution in [2.75, 3.05) is 5.32 Å². The summed E-state index contributed by atoms with van der Waals surface area (Å²) in [5.74, 6) is 0. The Hall–Kier alpha value is -0.0400. The van der Waals surface area contributed by atoms with E-state index in [1.54, 1.807) is 6.20 Å². The maximum Gasteiger partial charge on any atom is 0.183 e. The van der Waals surface area contributed by atoms with Crippen molar-refractivity contribution in [1.29, 1.82) is 0 Å². The number of halogens is 3. The summed E-state index contributed by atoms with van der Waals surface area (Å²) in [6, 6.07) is 5.89. The molecule has 0 unspecified atom stereocenters. The van der Waals surface area contributed by atoms with Gasteiger partial charge in [-0.25, -0.2) is 4.98 Å². The first-order valence-corrected chi connectivity index (χ1v) is 7.09. The molecule has 0 fully saturated rings. The van der Waals surface area contributed by atoms with Crippen LogP contribution in [0.1, 0.15) is 4.88 Å². The summed E-state index contributed by atoms with van der Waals surface area (Å²) in [7, 11) is 0. The fourth-order valence-electron chi connectivity index (χ4n) is 1.18. The molecule has 84 valence electrons. The highest BCUT2D eigenvalue weighted by atomic mass is 127. The number of hydrogen-bond acceptors (Lipinski definition) is 3. The molecule has 0 radical (unpaired) electrons. The van der Waals surface area contributed by atoms with Crippen molar-refractivity contribution >= 4 is 62.8 Å². The summed E-state index contributed by atoms with van der Waals surface area (Å²) >= 11 is 15.5. The summed E-state index contributed by atoms with van der Waals surface area (Å²) in [5, 5.41) is 3.97. The van der Waals surface area contributed by atoms with Gasteiger partial charge in [0, 0.05) is 14.6 Å². The van der Waals surface area contributed by atoms with Crippen LogP contribution in [0.15, 0.2) is 24.4 Å². The van der Waals surface area contributed by atoms with Gasteiger partial charge in [-0.1, -0.05) is 23.2 Å². The average molecular weight is 385 g/mol. The van der Waals surface area contributed by atoms with Crippen LogP contribution in [0.5, 0.6) is 0 Å². The van der Waals surface area contributed by atoms with Gasteiger partial charge in [0.05, 0.1) is 17.3 Å². The van der Waals surface area contributed by atoms with Crippen LogP contribution in [-0.2, 0) is 6.54 Å². The molecule has 2 nitrogen and oxygen atoms in total. The number of hydrogen-bond donors (Lipinski definition) is 1. The fourth-order valence-corrected chi connectivity index (χ4v) is 3.02. The lowest BCUT2D eigenvalue weighted by molar-refractivity contribution is 1.17. The molecule has 6 heteroatoms. The predicted molar refractivity (Wildman–Crippen MR) is 78.6 cm³/mol. The van der Waals surface area contributed by atoms with E-state index in [0.717, 1.165) is 19.2 Å². The minimum absolute atomic E-state index is 0.561. The minimum Gasteiger partial charge on any atom is -0.379 e.